The van der Waals surface area contributed by atoms with E-state index in [0.29, 0.717) is 5.02 Å². The average Bonchev–Trinajstić information content (AvgIpc) is 2.65. The van der Waals surface area contributed by atoms with Gasteiger partial charge in [0.05, 0.1) is 0 Å². The van der Waals surface area contributed by atoms with Gasteiger partial charge in [0.25, 0.3) is 0 Å². The number of likely N-dealkylation sites (tertiary alicyclic amines) is 1. The van der Waals surface area contributed by atoms with Gasteiger partial charge in [-0.1, -0.05) is 40.9 Å². The molecular weight excluding hydrogens is 367 g/mol. The van der Waals surface area contributed by atoms with E-state index >= 15 is 0 Å². The molecule has 0 aromatic heterocycles. The first-order valence-electron chi connectivity index (χ1n) is 9.74. The van der Waals surface area contributed by atoms with Crippen LogP contribution in [0.3, 0.4) is 0 Å². The van der Waals surface area contributed by atoms with Gasteiger partial charge in [0.1, 0.15) is 0 Å². The van der Waals surface area contributed by atoms with Gasteiger partial charge in [0.15, 0.2) is 0 Å². The van der Waals surface area contributed by atoms with Gasteiger partial charge in [-0.15, -0.1) is 0 Å². The maximum absolute atomic E-state index is 12.4. The average molecular weight is 395 g/mol. The Morgan fingerprint density at radius 1 is 1.19 bits per heavy atom. The summed E-state index contributed by atoms with van der Waals surface area (Å²) in [5.41, 5.74) is 2.62. The molecule has 0 atom stereocenters. The molecule has 5 heteroatoms. The predicted octanol–water partition coefficient (Wildman–Crippen LogP) is 5.21. The first-order valence-corrected chi connectivity index (χ1v) is 10.5. The molecule has 0 saturated carbocycles. The number of amides is 1. The fourth-order valence-corrected chi connectivity index (χ4v) is 4.33. The quantitative estimate of drug-likeness (QED) is 0.671. The predicted molar refractivity (Wildman–Crippen MR) is 109 cm³/mol. The molecule has 3 nitrogen and oxygen atoms in total. The van der Waals surface area contributed by atoms with E-state index in [1.54, 1.807) is 6.07 Å². The van der Waals surface area contributed by atoms with E-state index in [-0.39, 0.29) is 11.8 Å². The van der Waals surface area contributed by atoms with Crippen molar-refractivity contribution in [1.29, 1.82) is 0 Å². The molecule has 1 aromatic carbocycles. The fourth-order valence-electron chi connectivity index (χ4n) is 3.87. The van der Waals surface area contributed by atoms with Gasteiger partial charge in [-0.3, -0.25) is 9.69 Å². The number of rotatable bonds is 6. The zero-order valence-electron chi connectivity index (χ0n) is 15.3. The minimum absolute atomic E-state index is 0.146. The summed E-state index contributed by atoms with van der Waals surface area (Å²) in [6, 6.07) is 5.66. The van der Waals surface area contributed by atoms with E-state index in [1.807, 2.05) is 12.1 Å². The number of allylic oxidation sites excluding steroid dienone is 1. The Bertz CT molecular complexity index is 651. The molecule has 2 aliphatic rings. The van der Waals surface area contributed by atoms with Crippen molar-refractivity contribution in [2.75, 3.05) is 19.6 Å². The van der Waals surface area contributed by atoms with Crippen LogP contribution in [0.1, 0.15) is 50.5 Å². The third kappa shape index (κ3) is 5.73. The van der Waals surface area contributed by atoms with Gasteiger partial charge < -0.3 is 5.32 Å². The number of carbonyl (C=O) groups excluding carboxylic acids is 1. The maximum atomic E-state index is 12.4. The lowest BCUT2D eigenvalue weighted by molar-refractivity contribution is -0.126. The minimum atomic E-state index is 0.146. The normalized spacial score (nSPS) is 19.2. The molecule has 1 aliphatic carbocycles. The molecule has 3 rings (SSSR count). The number of halogens is 2. The smallest absolute Gasteiger partial charge is 0.223 e. The third-order valence-corrected chi connectivity index (χ3v) is 6.08. The van der Waals surface area contributed by atoms with Crippen LogP contribution in [0, 0.1) is 5.92 Å². The number of hydrogen-bond donors (Lipinski definition) is 1. The van der Waals surface area contributed by atoms with E-state index in [9.17, 15) is 4.79 Å². The van der Waals surface area contributed by atoms with Gasteiger partial charge in [0.2, 0.25) is 5.91 Å². The second-order valence-electron chi connectivity index (χ2n) is 7.44. The molecule has 0 spiro atoms. The number of benzene rings is 1. The summed E-state index contributed by atoms with van der Waals surface area (Å²) >= 11 is 12.2. The van der Waals surface area contributed by atoms with E-state index in [1.165, 1.54) is 31.3 Å². The van der Waals surface area contributed by atoms with Gasteiger partial charge in [-0.05, 0) is 75.7 Å². The van der Waals surface area contributed by atoms with Crippen molar-refractivity contribution >= 4 is 29.1 Å². The molecule has 1 saturated heterocycles. The van der Waals surface area contributed by atoms with Crippen molar-refractivity contribution in [3.8, 4) is 0 Å². The number of nitrogens with zero attached hydrogens (tertiary/aromatic N) is 1. The van der Waals surface area contributed by atoms with Crippen LogP contribution in [0.4, 0.5) is 0 Å². The second-order valence-corrected chi connectivity index (χ2v) is 8.28. The van der Waals surface area contributed by atoms with Gasteiger partial charge >= 0.3 is 0 Å². The summed E-state index contributed by atoms with van der Waals surface area (Å²) < 4.78 is 0. The molecule has 1 amide bonds. The zero-order valence-corrected chi connectivity index (χ0v) is 16.8. The SMILES string of the molecule is O=C(NCCC1=CCCCC1)C1CCN(Cc2ccc(Cl)cc2Cl)CC1. The van der Waals surface area contributed by atoms with Crippen LogP contribution >= 0.6 is 23.2 Å². The summed E-state index contributed by atoms with van der Waals surface area (Å²) in [7, 11) is 0. The molecule has 0 unspecified atom stereocenters. The molecule has 26 heavy (non-hydrogen) atoms. The Kier molecular flexibility index (Phi) is 7.42. The number of nitrogens with one attached hydrogen (secondary N) is 1. The Hall–Kier alpha value is -1.03. The number of carbonyl (C=O) groups is 1. The second kappa shape index (κ2) is 9.77. The molecule has 1 aromatic rings. The Morgan fingerprint density at radius 2 is 2.00 bits per heavy atom. The van der Waals surface area contributed by atoms with Crippen LogP contribution in [-0.4, -0.2) is 30.4 Å². The largest absolute Gasteiger partial charge is 0.356 e. The molecule has 142 valence electrons. The minimum Gasteiger partial charge on any atom is -0.356 e. The molecule has 1 aliphatic heterocycles. The Labute approximate surface area is 166 Å². The molecule has 0 radical (unpaired) electrons. The summed E-state index contributed by atoms with van der Waals surface area (Å²) in [5, 5.41) is 4.53. The summed E-state index contributed by atoms with van der Waals surface area (Å²) in [5.74, 6) is 0.373. The maximum Gasteiger partial charge on any atom is 0.223 e. The molecule has 0 bridgehead atoms. The van der Waals surface area contributed by atoms with E-state index in [4.69, 9.17) is 23.2 Å². The number of piperidine rings is 1. The van der Waals surface area contributed by atoms with E-state index in [2.05, 4.69) is 16.3 Å². The summed E-state index contributed by atoms with van der Waals surface area (Å²) in [4.78, 5) is 14.8. The van der Waals surface area contributed by atoms with Crippen molar-refractivity contribution in [1.82, 2.24) is 10.2 Å². The van der Waals surface area contributed by atoms with E-state index < -0.39 is 0 Å². The highest BCUT2D eigenvalue weighted by molar-refractivity contribution is 6.35. The fraction of sp³-hybridized carbons (Fsp3) is 0.571. The van der Waals surface area contributed by atoms with Crippen molar-refractivity contribution in [2.24, 2.45) is 5.92 Å². The van der Waals surface area contributed by atoms with E-state index in [0.717, 1.165) is 56.0 Å². The van der Waals surface area contributed by atoms with Crippen molar-refractivity contribution in [2.45, 2.75) is 51.5 Å². The Morgan fingerprint density at radius 3 is 2.69 bits per heavy atom. The third-order valence-electron chi connectivity index (χ3n) is 5.50. The lowest BCUT2D eigenvalue weighted by Gasteiger charge is -2.31. The first kappa shape index (κ1) is 19.7. The standard InChI is InChI=1S/C21H28Cl2N2O/c22-19-7-6-18(20(23)14-19)15-25-12-9-17(10-13-25)21(26)24-11-8-16-4-2-1-3-5-16/h4,6-7,14,17H,1-3,5,8-13,15H2,(H,24,26). The topological polar surface area (TPSA) is 32.3 Å². The molecule has 1 fully saturated rings. The van der Waals surface area contributed by atoms with Gasteiger partial charge in [-0.25, -0.2) is 0 Å². The van der Waals surface area contributed by atoms with Crippen LogP contribution in [0.25, 0.3) is 0 Å². The van der Waals surface area contributed by atoms with Crippen LogP contribution in [0.15, 0.2) is 29.8 Å². The molecular formula is C21H28Cl2N2O. The lowest BCUT2D eigenvalue weighted by atomic mass is 9.95. The van der Waals surface area contributed by atoms with Gasteiger partial charge in [0, 0.05) is 29.1 Å². The lowest BCUT2D eigenvalue weighted by Crippen LogP contribution is -2.40. The van der Waals surface area contributed by atoms with Crippen molar-refractivity contribution in [3.63, 3.8) is 0 Å². The van der Waals surface area contributed by atoms with Crippen molar-refractivity contribution in [3.05, 3.63) is 45.5 Å². The first-order chi connectivity index (χ1) is 12.6. The monoisotopic (exact) mass is 394 g/mol. The summed E-state index contributed by atoms with van der Waals surface area (Å²) in [6.07, 6.45) is 10.2. The highest BCUT2D eigenvalue weighted by Gasteiger charge is 2.25. The van der Waals surface area contributed by atoms with Crippen LogP contribution in [-0.2, 0) is 11.3 Å². The van der Waals surface area contributed by atoms with Crippen LogP contribution < -0.4 is 5.32 Å². The summed E-state index contributed by atoms with van der Waals surface area (Å²) in [6.45, 7) is 3.47. The Balaban J connectivity index is 1.38. The van der Waals surface area contributed by atoms with Crippen LogP contribution in [0.5, 0.6) is 0 Å². The van der Waals surface area contributed by atoms with Gasteiger partial charge in [-0.2, -0.15) is 0 Å². The highest BCUT2D eigenvalue weighted by atomic mass is 35.5. The number of hydrogen-bond acceptors (Lipinski definition) is 2. The van der Waals surface area contributed by atoms with Crippen molar-refractivity contribution < 1.29 is 4.79 Å². The molecule has 1 heterocycles. The van der Waals surface area contributed by atoms with Crippen LogP contribution in [0.2, 0.25) is 10.0 Å². The highest BCUT2D eigenvalue weighted by Crippen LogP contribution is 2.25. The zero-order chi connectivity index (χ0) is 18.4. The molecule has 1 N–H and O–H groups in total.